The number of hydrogen-bond acceptors (Lipinski definition) is 2. The van der Waals surface area contributed by atoms with E-state index in [9.17, 15) is 4.39 Å². The fourth-order valence-electron chi connectivity index (χ4n) is 3.02. The quantitative estimate of drug-likeness (QED) is 0.937. The maximum Gasteiger partial charge on any atom is 0.123 e. The number of piperidine rings is 1. The summed E-state index contributed by atoms with van der Waals surface area (Å²) >= 11 is 0. The highest BCUT2D eigenvalue weighted by Crippen LogP contribution is 2.18. The second-order valence-corrected chi connectivity index (χ2v) is 5.94. The summed E-state index contributed by atoms with van der Waals surface area (Å²) in [5.41, 5.74) is 2.28. The minimum Gasteiger partial charge on any atom is -0.328 e. The molecule has 2 heterocycles. The Balaban J connectivity index is 1.74. The largest absolute Gasteiger partial charge is 0.328 e. The van der Waals surface area contributed by atoms with Gasteiger partial charge in [-0.25, -0.2) is 9.37 Å². The minimum atomic E-state index is -0.186. The van der Waals surface area contributed by atoms with E-state index >= 15 is 0 Å². The number of aromatic nitrogens is 2. The summed E-state index contributed by atoms with van der Waals surface area (Å²) < 4.78 is 15.3. The van der Waals surface area contributed by atoms with E-state index in [1.54, 1.807) is 0 Å². The Bertz CT molecular complexity index is 583. The summed E-state index contributed by atoms with van der Waals surface area (Å²) in [5, 5.41) is 3.46. The van der Waals surface area contributed by atoms with Gasteiger partial charge in [0.25, 0.3) is 0 Å². The van der Waals surface area contributed by atoms with Crippen molar-refractivity contribution in [2.24, 2.45) is 5.92 Å². The molecule has 4 heteroatoms. The Labute approximate surface area is 125 Å². The molecule has 0 amide bonds. The summed E-state index contributed by atoms with van der Waals surface area (Å²) in [4.78, 5) is 4.58. The highest BCUT2D eigenvalue weighted by atomic mass is 19.1. The molecule has 1 aromatic carbocycles. The fourth-order valence-corrected chi connectivity index (χ4v) is 3.02. The summed E-state index contributed by atoms with van der Waals surface area (Å²) in [6, 6.07) is 6.74. The zero-order valence-electron chi connectivity index (χ0n) is 12.5. The van der Waals surface area contributed by atoms with E-state index < -0.39 is 0 Å². The number of hydrogen-bond donors (Lipinski definition) is 1. The zero-order chi connectivity index (χ0) is 14.7. The van der Waals surface area contributed by atoms with Crippen LogP contribution < -0.4 is 5.32 Å². The minimum absolute atomic E-state index is 0.186. The molecule has 1 aliphatic rings. The van der Waals surface area contributed by atoms with Crippen molar-refractivity contribution in [2.75, 3.05) is 13.1 Å². The van der Waals surface area contributed by atoms with Crippen molar-refractivity contribution in [3.63, 3.8) is 0 Å². The average Bonchev–Trinajstić information content (AvgIpc) is 2.84. The van der Waals surface area contributed by atoms with Crippen molar-refractivity contribution in [1.82, 2.24) is 14.9 Å². The van der Waals surface area contributed by atoms with E-state index in [1.807, 2.05) is 18.3 Å². The Morgan fingerprint density at radius 3 is 2.86 bits per heavy atom. The van der Waals surface area contributed by atoms with Crippen LogP contribution in [-0.2, 0) is 13.0 Å². The number of benzene rings is 1. The fraction of sp³-hybridized carbons (Fsp3) is 0.471. The molecule has 1 fully saturated rings. The first-order valence-corrected chi connectivity index (χ1v) is 7.68. The van der Waals surface area contributed by atoms with Crippen LogP contribution in [0.1, 0.15) is 29.9 Å². The Morgan fingerprint density at radius 2 is 2.14 bits per heavy atom. The molecule has 1 unspecified atom stereocenters. The summed E-state index contributed by atoms with van der Waals surface area (Å²) in [7, 11) is 0. The van der Waals surface area contributed by atoms with Crippen molar-refractivity contribution >= 4 is 0 Å². The molecule has 1 aliphatic heterocycles. The van der Waals surface area contributed by atoms with Gasteiger partial charge in [-0.05, 0) is 56.5 Å². The third-order valence-electron chi connectivity index (χ3n) is 4.26. The van der Waals surface area contributed by atoms with Crippen LogP contribution >= 0.6 is 0 Å². The Hall–Kier alpha value is -1.68. The van der Waals surface area contributed by atoms with Crippen LogP contribution in [0.2, 0.25) is 0 Å². The second-order valence-electron chi connectivity index (χ2n) is 5.94. The van der Waals surface area contributed by atoms with Gasteiger partial charge >= 0.3 is 0 Å². The molecule has 112 valence electrons. The van der Waals surface area contributed by atoms with E-state index in [0.29, 0.717) is 5.92 Å². The first-order chi connectivity index (χ1) is 10.2. The molecule has 1 saturated heterocycles. The molecule has 1 N–H and O–H groups in total. The van der Waals surface area contributed by atoms with Gasteiger partial charge in [-0.1, -0.05) is 12.1 Å². The average molecular weight is 287 g/mol. The number of nitrogens with zero attached hydrogens (tertiary/aromatic N) is 2. The van der Waals surface area contributed by atoms with Crippen molar-refractivity contribution in [3.05, 3.63) is 53.4 Å². The highest BCUT2D eigenvalue weighted by Gasteiger charge is 2.17. The molecule has 0 saturated carbocycles. The number of nitrogens with one attached hydrogen (secondary N) is 1. The maximum atomic E-state index is 13.0. The third-order valence-corrected chi connectivity index (χ3v) is 4.26. The number of imidazole rings is 1. The predicted molar refractivity (Wildman–Crippen MR) is 81.8 cm³/mol. The molecule has 3 nitrogen and oxygen atoms in total. The smallest absolute Gasteiger partial charge is 0.123 e. The lowest BCUT2D eigenvalue weighted by molar-refractivity contribution is 0.367. The first-order valence-electron chi connectivity index (χ1n) is 7.68. The van der Waals surface area contributed by atoms with Crippen molar-refractivity contribution in [3.8, 4) is 0 Å². The van der Waals surface area contributed by atoms with Gasteiger partial charge < -0.3 is 9.88 Å². The molecule has 3 rings (SSSR count). The van der Waals surface area contributed by atoms with Crippen LogP contribution in [-0.4, -0.2) is 22.6 Å². The highest BCUT2D eigenvalue weighted by molar-refractivity contribution is 5.18. The number of aryl methyl sites for hydroxylation is 1. The van der Waals surface area contributed by atoms with E-state index in [1.165, 1.54) is 25.0 Å². The molecule has 0 bridgehead atoms. The zero-order valence-corrected chi connectivity index (χ0v) is 12.5. The van der Waals surface area contributed by atoms with E-state index in [-0.39, 0.29) is 5.82 Å². The van der Waals surface area contributed by atoms with Gasteiger partial charge in [0.05, 0.1) is 0 Å². The Kier molecular flexibility index (Phi) is 4.34. The van der Waals surface area contributed by atoms with Crippen LogP contribution in [0, 0.1) is 18.7 Å². The third kappa shape index (κ3) is 3.50. The van der Waals surface area contributed by atoms with E-state index in [2.05, 4.69) is 21.8 Å². The maximum absolute atomic E-state index is 13.0. The molecular weight excluding hydrogens is 265 g/mol. The molecule has 21 heavy (non-hydrogen) atoms. The molecule has 0 aliphatic carbocycles. The predicted octanol–water partition coefficient (Wildman–Crippen LogP) is 2.92. The molecule has 1 atom stereocenters. The molecule has 0 radical (unpaired) electrons. The SMILES string of the molecule is Cc1cnc(CC2CCCNC2)n1Cc1ccc(F)cc1. The first kappa shape index (κ1) is 14.3. The van der Waals surface area contributed by atoms with Crippen LogP contribution in [0.25, 0.3) is 0 Å². The lowest BCUT2D eigenvalue weighted by atomic mass is 9.96. The van der Waals surface area contributed by atoms with Crippen molar-refractivity contribution in [2.45, 2.75) is 32.7 Å². The van der Waals surface area contributed by atoms with Gasteiger partial charge in [-0.15, -0.1) is 0 Å². The molecule has 2 aromatic rings. The molecule has 1 aromatic heterocycles. The summed E-state index contributed by atoms with van der Waals surface area (Å²) in [6.45, 7) is 5.07. The van der Waals surface area contributed by atoms with Gasteiger partial charge in [-0.2, -0.15) is 0 Å². The lowest BCUT2D eigenvalue weighted by Crippen LogP contribution is -2.31. The van der Waals surface area contributed by atoms with Crippen molar-refractivity contribution in [1.29, 1.82) is 0 Å². The summed E-state index contributed by atoms with van der Waals surface area (Å²) in [6.07, 6.45) is 5.48. The molecule has 0 spiro atoms. The van der Waals surface area contributed by atoms with Crippen LogP contribution in [0.15, 0.2) is 30.5 Å². The van der Waals surface area contributed by atoms with Gasteiger partial charge in [0.15, 0.2) is 0 Å². The topological polar surface area (TPSA) is 29.9 Å². The van der Waals surface area contributed by atoms with Gasteiger partial charge in [-0.3, -0.25) is 0 Å². The van der Waals surface area contributed by atoms with E-state index in [4.69, 9.17) is 0 Å². The van der Waals surface area contributed by atoms with Crippen LogP contribution in [0.3, 0.4) is 0 Å². The normalized spacial score (nSPS) is 18.9. The second kappa shape index (κ2) is 6.39. The van der Waals surface area contributed by atoms with Crippen LogP contribution in [0.5, 0.6) is 0 Å². The number of rotatable bonds is 4. The van der Waals surface area contributed by atoms with Crippen LogP contribution in [0.4, 0.5) is 4.39 Å². The number of halogens is 1. The van der Waals surface area contributed by atoms with Gasteiger partial charge in [0.1, 0.15) is 11.6 Å². The summed E-state index contributed by atoms with van der Waals surface area (Å²) in [5.74, 6) is 1.63. The van der Waals surface area contributed by atoms with Gasteiger partial charge in [0.2, 0.25) is 0 Å². The monoisotopic (exact) mass is 287 g/mol. The van der Waals surface area contributed by atoms with E-state index in [0.717, 1.165) is 43.1 Å². The Morgan fingerprint density at radius 1 is 1.33 bits per heavy atom. The van der Waals surface area contributed by atoms with Gasteiger partial charge in [0, 0.05) is 24.9 Å². The standard InChI is InChI=1S/C17H22FN3/c1-13-10-20-17(9-15-3-2-8-19-11-15)21(13)12-14-4-6-16(18)7-5-14/h4-7,10,15,19H,2-3,8-9,11-12H2,1H3. The lowest BCUT2D eigenvalue weighted by Gasteiger charge is -2.23. The molecular formula is C17H22FN3. The van der Waals surface area contributed by atoms with Crippen molar-refractivity contribution < 1.29 is 4.39 Å².